The molecule has 1 aliphatic heterocycles. The lowest BCUT2D eigenvalue weighted by Crippen LogP contribution is -2.40. The van der Waals surface area contributed by atoms with E-state index in [-0.39, 0.29) is 23.6 Å². The van der Waals surface area contributed by atoms with Gasteiger partial charge in [0.2, 0.25) is 5.56 Å². The molecule has 1 saturated carbocycles. The van der Waals surface area contributed by atoms with Crippen molar-refractivity contribution in [1.29, 1.82) is 0 Å². The van der Waals surface area contributed by atoms with Crippen LogP contribution in [-0.2, 0) is 6.54 Å². The first-order valence-corrected chi connectivity index (χ1v) is 5.34. The zero-order valence-corrected chi connectivity index (χ0v) is 9.89. The Hall–Kier alpha value is -1.000. The van der Waals surface area contributed by atoms with E-state index in [0.717, 1.165) is 24.3 Å². The molecule has 1 fully saturated rings. The molecule has 0 unspecified atom stereocenters. The molecule has 1 spiro atoms. The molecule has 0 aromatic carbocycles. The molecule has 2 N–H and O–H groups in total. The molecule has 2 aliphatic rings. The summed E-state index contributed by atoms with van der Waals surface area (Å²) < 4.78 is 5.99. The quantitative estimate of drug-likeness (QED) is 0.719. The van der Waals surface area contributed by atoms with Gasteiger partial charge in [-0.2, -0.15) is 0 Å². The van der Waals surface area contributed by atoms with Crippen LogP contribution in [0.25, 0.3) is 0 Å². The van der Waals surface area contributed by atoms with E-state index >= 15 is 0 Å². The first kappa shape index (κ1) is 11.5. The van der Waals surface area contributed by atoms with Gasteiger partial charge in [0.15, 0.2) is 0 Å². The Balaban J connectivity index is 0.000000963. The number of aromatic amines is 1. The SMILES string of the molecule is C[C@H]1NCc2[nH]c(=O)ccc2OC12CC2.Cl. The highest BCUT2D eigenvalue weighted by molar-refractivity contribution is 5.85. The number of pyridine rings is 1. The number of H-pyrrole nitrogens is 1. The van der Waals surface area contributed by atoms with Crippen LogP contribution in [0.1, 0.15) is 25.5 Å². The number of aromatic nitrogens is 1. The van der Waals surface area contributed by atoms with E-state index in [1.165, 1.54) is 6.07 Å². The van der Waals surface area contributed by atoms with Crippen LogP contribution in [0.5, 0.6) is 5.75 Å². The fraction of sp³-hybridized carbons (Fsp3) is 0.545. The van der Waals surface area contributed by atoms with Gasteiger partial charge in [-0.15, -0.1) is 12.4 Å². The van der Waals surface area contributed by atoms with Gasteiger partial charge in [0.1, 0.15) is 11.4 Å². The topological polar surface area (TPSA) is 54.1 Å². The lowest BCUT2D eigenvalue weighted by Gasteiger charge is -2.21. The summed E-state index contributed by atoms with van der Waals surface area (Å²) in [5.41, 5.74) is 0.764. The van der Waals surface area contributed by atoms with E-state index in [4.69, 9.17) is 4.74 Å². The average molecular weight is 243 g/mol. The summed E-state index contributed by atoms with van der Waals surface area (Å²) in [7, 11) is 0. The van der Waals surface area contributed by atoms with Crippen LogP contribution < -0.4 is 15.6 Å². The molecular formula is C11H15ClN2O2. The summed E-state index contributed by atoms with van der Waals surface area (Å²) in [6, 6.07) is 3.63. The molecule has 2 heterocycles. The average Bonchev–Trinajstić information content (AvgIpc) is 2.99. The van der Waals surface area contributed by atoms with E-state index in [1.807, 2.05) is 0 Å². The number of fused-ring (bicyclic) bond motifs is 1. The van der Waals surface area contributed by atoms with Crippen molar-refractivity contribution >= 4 is 12.4 Å². The van der Waals surface area contributed by atoms with Crippen molar-refractivity contribution in [1.82, 2.24) is 10.3 Å². The van der Waals surface area contributed by atoms with Gasteiger partial charge in [-0.1, -0.05) is 0 Å². The third kappa shape index (κ3) is 1.72. The summed E-state index contributed by atoms with van der Waals surface area (Å²) in [5.74, 6) is 0.823. The smallest absolute Gasteiger partial charge is 0.248 e. The number of hydrogen-bond donors (Lipinski definition) is 2. The maximum atomic E-state index is 11.2. The Bertz CT molecular complexity index is 454. The molecule has 16 heavy (non-hydrogen) atoms. The van der Waals surface area contributed by atoms with Crippen LogP contribution in [0, 0.1) is 0 Å². The van der Waals surface area contributed by atoms with Crippen molar-refractivity contribution in [3.8, 4) is 5.75 Å². The molecule has 0 amide bonds. The first-order chi connectivity index (χ1) is 7.20. The molecule has 0 radical (unpaired) electrons. The lowest BCUT2D eigenvalue weighted by atomic mass is 10.1. The molecule has 88 valence electrons. The molecule has 0 bridgehead atoms. The minimum Gasteiger partial charge on any atom is -0.484 e. The highest BCUT2D eigenvalue weighted by Crippen LogP contribution is 2.44. The third-order valence-electron chi connectivity index (χ3n) is 3.39. The Morgan fingerprint density at radius 1 is 1.44 bits per heavy atom. The fourth-order valence-electron chi connectivity index (χ4n) is 2.14. The molecule has 1 atom stereocenters. The number of hydrogen-bond acceptors (Lipinski definition) is 3. The summed E-state index contributed by atoms with van der Waals surface area (Å²) in [6.07, 6.45) is 2.19. The summed E-state index contributed by atoms with van der Waals surface area (Å²) in [4.78, 5) is 14.0. The second kappa shape index (κ2) is 3.79. The Morgan fingerprint density at radius 2 is 2.19 bits per heavy atom. The maximum Gasteiger partial charge on any atom is 0.248 e. The van der Waals surface area contributed by atoms with E-state index in [1.54, 1.807) is 6.07 Å². The van der Waals surface area contributed by atoms with Gasteiger partial charge in [-0.25, -0.2) is 0 Å². The minimum atomic E-state index is -0.0708. The predicted octanol–water partition coefficient (Wildman–Crippen LogP) is 1.20. The Labute approximate surface area is 99.8 Å². The predicted molar refractivity (Wildman–Crippen MR) is 63.2 cm³/mol. The molecule has 5 heteroatoms. The highest BCUT2D eigenvalue weighted by atomic mass is 35.5. The molecule has 0 saturated heterocycles. The van der Waals surface area contributed by atoms with Crippen molar-refractivity contribution in [2.75, 3.05) is 0 Å². The van der Waals surface area contributed by atoms with Gasteiger partial charge in [0, 0.05) is 18.7 Å². The van der Waals surface area contributed by atoms with E-state index in [0.29, 0.717) is 12.6 Å². The van der Waals surface area contributed by atoms with Gasteiger partial charge in [0.05, 0.1) is 5.69 Å². The van der Waals surface area contributed by atoms with Crippen molar-refractivity contribution in [2.45, 2.75) is 38.0 Å². The fourth-order valence-corrected chi connectivity index (χ4v) is 2.14. The maximum absolute atomic E-state index is 11.2. The normalized spacial score (nSPS) is 24.9. The summed E-state index contributed by atoms with van der Waals surface area (Å²) >= 11 is 0. The molecule has 1 aromatic rings. The highest BCUT2D eigenvalue weighted by Gasteiger charge is 2.51. The van der Waals surface area contributed by atoms with Crippen molar-refractivity contribution < 1.29 is 4.74 Å². The van der Waals surface area contributed by atoms with Crippen LogP contribution >= 0.6 is 12.4 Å². The van der Waals surface area contributed by atoms with E-state index in [2.05, 4.69) is 17.2 Å². The minimum absolute atomic E-state index is 0. The second-order valence-corrected chi connectivity index (χ2v) is 4.43. The Morgan fingerprint density at radius 3 is 2.88 bits per heavy atom. The van der Waals surface area contributed by atoms with Gasteiger partial charge >= 0.3 is 0 Å². The second-order valence-electron chi connectivity index (χ2n) is 4.43. The zero-order valence-electron chi connectivity index (χ0n) is 9.08. The van der Waals surface area contributed by atoms with E-state index < -0.39 is 0 Å². The van der Waals surface area contributed by atoms with Gasteiger partial charge in [0.25, 0.3) is 0 Å². The molecule has 1 aliphatic carbocycles. The summed E-state index contributed by atoms with van der Waals surface area (Å²) in [6.45, 7) is 2.81. The molecule has 4 nitrogen and oxygen atoms in total. The third-order valence-corrected chi connectivity index (χ3v) is 3.39. The van der Waals surface area contributed by atoms with Crippen LogP contribution in [-0.4, -0.2) is 16.6 Å². The van der Waals surface area contributed by atoms with Gasteiger partial charge < -0.3 is 15.0 Å². The van der Waals surface area contributed by atoms with E-state index in [9.17, 15) is 4.79 Å². The summed E-state index contributed by atoms with van der Waals surface area (Å²) in [5, 5.41) is 3.39. The molecule has 1 aromatic heterocycles. The number of rotatable bonds is 0. The number of nitrogens with one attached hydrogen (secondary N) is 2. The van der Waals surface area contributed by atoms with Crippen molar-refractivity contribution in [3.05, 3.63) is 28.2 Å². The largest absolute Gasteiger partial charge is 0.484 e. The number of halogens is 1. The number of ether oxygens (including phenoxy) is 1. The zero-order chi connectivity index (χ0) is 10.5. The van der Waals surface area contributed by atoms with Crippen LogP contribution in [0.4, 0.5) is 0 Å². The standard InChI is InChI=1S/C11H14N2O2.ClH/c1-7-11(4-5-11)15-9-2-3-10(14)13-8(9)6-12-7;/h2-3,7,12H,4-6H2,1H3,(H,13,14);1H/t7-;/m1./s1. The van der Waals surface area contributed by atoms with Gasteiger partial charge in [-0.3, -0.25) is 4.79 Å². The van der Waals surface area contributed by atoms with Gasteiger partial charge in [-0.05, 0) is 25.8 Å². The molecular weight excluding hydrogens is 228 g/mol. The van der Waals surface area contributed by atoms with Crippen LogP contribution in [0.2, 0.25) is 0 Å². The van der Waals surface area contributed by atoms with Crippen LogP contribution in [0.15, 0.2) is 16.9 Å². The van der Waals surface area contributed by atoms with Crippen molar-refractivity contribution in [3.63, 3.8) is 0 Å². The Kier molecular flexibility index (Phi) is 2.72. The monoisotopic (exact) mass is 242 g/mol. The first-order valence-electron chi connectivity index (χ1n) is 5.34. The lowest BCUT2D eigenvalue weighted by molar-refractivity contribution is 0.145. The molecule has 3 rings (SSSR count). The van der Waals surface area contributed by atoms with Crippen molar-refractivity contribution in [2.24, 2.45) is 0 Å². The van der Waals surface area contributed by atoms with Crippen LogP contribution in [0.3, 0.4) is 0 Å².